The summed E-state index contributed by atoms with van der Waals surface area (Å²) in [5, 5.41) is 8.78. The van der Waals surface area contributed by atoms with Gasteiger partial charge in [0, 0.05) is 10.9 Å². The van der Waals surface area contributed by atoms with Gasteiger partial charge in [-0.3, -0.25) is 0 Å². The van der Waals surface area contributed by atoms with E-state index in [1.807, 2.05) is 40.7 Å². The highest BCUT2D eigenvalue weighted by Crippen LogP contribution is 2.38. The third kappa shape index (κ3) is 3.37. The van der Waals surface area contributed by atoms with E-state index in [-0.39, 0.29) is 0 Å². The predicted octanol–water partition coefficient (Wildman–Crippen LogP) is 2.54. The van der Waals surface area contributed by atoms with E-state index in [1.54, 1.807) is 0 Å². The molecule has 1 aromatic rings. The minimum atomic E-state index is -0.993. The summed E-state index contributed by atoms with van der Waals surface area (Å²) in [5.41, 5.74) is -0.824. The van der Waals surface area contributed by atoms with Crippen LogP contribution in [0.3, 0.4) is 0 Å². The van der Waals surface area contributed by atoms with Crippen LogP contribution in [0, 0.1) is 0 Å². The molecule has 1 N–H and O–H groups in total. The van der Waals surface area contributed by atoms with Crippen molar-refractivity contribution >= 4 is 35.3 Å². The monoisotopic (exact) mass is 324 g/mol. The Hall–Kier alpha value is -1.31. The molecule has 22 heavy (non-hydrogen) atoms. The Labute approximate surface area is 135 Å². The van der Waals surface area contributed by atoms with Crippen molar-refractivity contribution in [3.05, 3.63) is 17.0 Å². The second-order valence-corrected chi connectivity index (χ2v) is 7.19. The predicted molar refractivity (Wildman–Crippen MR) is 87.9 cm³/mol. The molecule has 1 fully saturated rings. The molecular formula is C15H21BO5S. The van der Waals surface area contributed by atoms with Gasteiger partial charge in [0.15, 0.2) is 0 Å². The van der Waals surface area contributed by atoms with Crippen LogP contribution < -0.4 is 9.51 Å². The molecule has 1 saturated heterocycles. The van der Waals surface area contributed by atoms with Crippen molar-refractivity contribution in [3.63, 3.8) is 0 Å². The Balaban J connectivity index is 2.29. The Morgan fingerprint density at radius 2 is 1.95 bits per heavy atom. The fourth-order valence-electron chi connectivity index (χ4n) is 2.01. The zero-order valence-corrected chi connectivity index (χ0v) is 14.3. The molecule has 1 aliphatic rings. The number of carboxylic acid groups (broad SMARTS) is 1. The molecule has 0 radical (unpaired) electrons. The molecule has 0 unspecified atom stereocenters. The first-order chi connectivity index (χ1) is 10.2. The van der Waals surface area contributed by atoms with Crippen molar-refractivity contribution in [2.75, 3.05) is 6.61 Å². The largest absolute Gasteiger partial charge is 0.505 e. The van der Waals surface area contributed by atoms with E-state index in [0.717, 1.165) is 15.7 Å². The van der Waals surface area contributed by atoms with Crippen LogP contribution in [-0.2, 0) is 14.1 Å². The van der Waals surface area contributed by atoms with Gasteiger partial charge in [-0.1, -0.05) is 0 Å². The summed E-state index contributed by atoms with van der Waals surface area (Å²) < 4.78 is 18.5. The number of carboxylic acids is 1. The summed E-state index contributed by atoms with van der Waals surface area (Å²) in [6.07, 6.45) is 2.63. The fraction of sp³-hybridized carbons (Fsp3) is 0.533. The summed E-state index contributed by atoms with van der Waals surface area (Å²) in [6, 6.07) is 1.86. The van der Waals surface area contributed by atoms with E-state index in [0.29, 0.717) is 12.4 Å². The lowest BCUT2D eigenvalue weighted by atomic mass is 9.88. The first-order valence-corrected chi connectivity index (χ1v) is 8.01. The molecule has 0 saturated carbocycles. The minimum Gasteiger partial charge on any atom is -0.492 e. The second-order valence-electron chi connectivity index (χ2n) is 6.07. The highest BCUT2D eigenvalue weighted by Gasteiger charge is 2.52. The number of carbonyl (C=O) groups is 1. The van der Waals surface area contributed by atoms with Crippen LogP contribution in [0.5, 0.6) is 5.75 Å². The summed E-state index contributed by atoms with van der Waals surface area (Å²) >= 11 is 1.42. The van der Waals surface area contributed by atoms with E-state index in [4.69, 9.17) is 19.2 Å². The van der Waals surface area contributed by atoms with Crippen LogP contribution in [0.25, 0.3) is 6.08 Å². The Kier molecular flexibility index (Phi) is 4.70. The lowest BCUT2D eigenvalue weighted by molar-refractivity contribution is -0.131. The van der Waals surface area contributed by atoms with Crippen molar-refractivity contribution in [1.29, 1.82) is 0 Å². The molecule has 0 aliphatic carbocycles. The van der Waals surface area contributed by atoms with Crippen LogP contribution >= 0.6 is 11.3 Å². The zero-order valence-electron chi connectivity index (χ0n) is 13.5. The van der Waals surface area contributed by atoms with Gasteiger partial charge in [-0.05, 0) is 46.8 Å². The van der Waals surface area contributed by atoms with Crippen molar-refractivity contribution in [2.45, 2.75) is 45.8 Å². The number of rotatable bonds is 5. The first-order valence-electron chi connectivity index (χ1n) is 7.19. The van der Waals surface area contributed by atoms with Gasteiger partial charge in [-0.15, -0.1) is 11.3 Å². The lowest BCUT2D eigenvalue weighted by Gasteiger charge is -2.32. The average Bonchev–Trinajstić information content (AvgIpc) is 2.87. The number of hydrogen-bond donors (Lipinski definition) is 1. The molecule has 5 nitrogen and oxygen atoms in total. The fourth-order valence-corrected chi connectivity index (χ4v) is 2.98. The van der Waals surface area contributed by atoms with Crippen LogP contribution in [0.2, 0.25) is 0 Å². The molecule has 1 aromatic heterocycles. The maximum absolute atomic E-state index is 10.7. The molecule has 1 aliphatic heterocycles. The van der Waals surface area contributed by atoms with Gasteiger partial charge in [0.1, 0.15) is 5.75 Å². The zero-order chi connectivity index (χ0) is 16.5. The number of aliphatic carboxylic acids is 1. The molecule has 0 aromatic carbocycles. The maximum Gasteiger partial charge on any atom is 0.505 e. The number of ether oxygens (including phenoxy) is 1. The number of thiophene rings is 1. The lowest BCUT2D eigenvalue weighted by Crippen LogP contribution is -2.41. The van der Waals surface area contributed by atoms with E-state index in [2.05, 4.69) is 0 Å². The normalized spacial score (nSPS) is 19.8. The van der Waals surface area contributed by atoms with E-state index < -0.39 is 24.3 Å². The highest BCUT2D eigenvalue weighted by atomic mass is 32.1. The van der Waals surface area contributed by atoms with Crippen molar-refractivity contribution in [2.24, 2.45) is 0 Å². The highest BCUT2D eigenvalue weighted by molar-refractivity contribution is 7.23. The second kappa shape index (κ2) is 6.06. The minimum absolute atomic E-state index is 0.412. The van der Waals surface area contributed by atoms with Gasteiger partial charge in [0.25, 0.3) is 0 Å². The SMILES string of the molecule is CCOc1cc(B2OC(C)(C)C(C)(C)O2)sc1/C=C/C(=O)O. The molecule has 0 amide bonds. The molecule has 2 heterocycles. The summed E-state index contributed by atoms with van der Waals surface area (Å²) in [6.45, 7) is 10.4. The average molecular weight is 324 g/mol. The molecule has 7 heteroatoms. The van der Waals surface area contributed by atoms with E-state index in [1.165, 1.54) is 17.4 Å². The Morgan fingerprint density at radius 1 is 1.36 bits per heavy atom. The maximum atomic E-state index is 10.7. The standard InChI is InChI=1S/C15H21BO5S/c1-6-19-10-9-12(22-11(10)7-8-13(17)18)16-20-14(2,3)15(4,5)21-16/h7-9H,6H2,1-5H3,(H,17,18)/b8-7+. The molecular weight excluding hydrogens is 303 g/mol. The van der Waals surface area contributed by atoms with Gasteiger partial charge in [0.2, 0.25) is 0 Å². The summed E-state index contributed by atoms with van der Waals surface area (Å²) in [4.78, 5) is 11.4. The van der Waals surface area contributed by atoms with Crippen molar-refractivity contribution in [1.82, 2.24) is 0 Å². The van der Waals surface area contributed by atoms with Gasteiger partial charge < -0.3 is 19.2 Å². The van der Waals surface area contributed by atoms with Crippen LogP contribution in [0.1, 0.15) is 39.5 Å². The number of hydrogen-bond acceptors (Lipinski definition) is 5. The van der Waals surface area contributed by atoms with E-state index >= 15 is 0 Å². The molecule has 120 valence electrons. The molecule has 0 atom stereocenters. The summed E-state index contributed by atoms with van der Waals surface area (Å²) in [7, 11) is -0.471. The van der Waals surface area contributed by atoms with Crippen LogP contribution in [0.4, 0.5) is 0 Å². The summed E-state index contributed by atoms with van der Waals surface area (Å²) in [5.74, 6) is -0.345. The van der Waals surface area contributed by atoms with Crippen molar-refractivity contribution < 1.29 is 23.9 Å². The Morgan fingerprint density at radius 3 is 2.45 bits per heavy atom. The first kappa shape index (κ1) is 17.1. The third-order valence-corrected chi connectivity index (χ3v) is 5.01. The van der Waals surface area contributed by atoms with Gasteiger partial charge in [0.05, 0.1) is 22.7 Å². The van der Waals surface area contributed by atoms with Crippen LogP contribution in [0.15, 0.2) is 12.1 Å². The van der Waals surface area contributed by atoms with Gasteiger partial charge in [-0.2, -0.15) is 0 Å². The smallest absolute Gasteiger partial charge is 0.492 e. The molecule has 2 rings (SSSR count). The quantitative estimate of drug-likeness (QED) is 0.666. The van der Waals surface area contributed by atoms with Gasteiger partial charge in [-0.25, -0.2) is 4.79 Å². The molecule has 0 bridgehead atoms. The third-order valence-electron chi connectivity index (χ3n) is 3.91. The van der Waals surface area contributed by atoms with Gasteiger partial charge >= 0.3 is 13.1 Å². The molecule has 0 spiro atoms. The Bertz CT molecular complexity index is 575. The van der Waals surface area contributed by atoms with E-state index in [9.17, 15) is 4.79 Å². The van der Waals surface area contributed by atoms with Crippen LogP contribution in [-0.4, -0.2) is 36.0 Å². The topological polar surface area (TPSA) is 65.0 Å². The van der Waals surface area contributed by atoms with Crippen molar-refractivity contribution in [3.8, 4) is 5.75 Å².